The summed E-state index contributed by atoms with van der Waals surface area (Å²) in [5.74, 6) is 0.309. The predicted molar refractivity (Wildman–Crippen MR) is 89.5 cm³/mol. The minimum Gasteiger partial charge on any atom is -0.287 e. The molecule has 3 rings (SSSR count). The van der Waals surface area contributed by atoms with Gasteiger partial charge in [-0.25, -0.2) is 19.0 Å². The van der Waals surface area contributed by atoms with E-state index in [1.807, 2.05) is 20.8 Å². The van der Waals surface area contributed by atoms with Gasteiger partial charge in [0.1, 0.15) is 11.6 Å². The number of halogens is 1. The molecule has 3 aromatic rings. The van der Waals surface area contributed by atoms with Crippen LogP contribution in [0.2, 0.25) is 0 Å². The molecule has 0 N–H and O–H groups in total. The second-order valence-corrected chi connectivity index (χ2v) is 6.47. The van der Waals surface area contributed by atoms with E-state index in [1.54, 1.807) is 30.6 Å². The first kappa shape index (κ1) is 16.0. The van der Waals surface area contributed by atoms with Crippen LogP contribution in [0.25, 0.3) is 17.1 Å². The van der Waals surface area contributed by atoms with Crippen molar-refractivity contribution in [2.45, 2.75) is 26.2 Å². The van der Waals surface area contributed by atoms with Crippen LogP contribution >= 0.6 is 0 Å². The van der Waals surface area contributed by atoms with Crippen LogP contribution in [0, 0.1) is 5.82 Å². The van der Waals surface area contributed by atoms with Gasteiger partial charge in [-0.2, -0.15) is 5.10 Å². The molecule has 5 nitrogen and oxygen atoms in total. The van der Waals surface area contributed by atoms with Gasteiger partial charge < -0.3 is 0 Å². The molecule has 0 unspecified atom stereocenters. The van der Waals surface area contributed by atoms with E-state index in [1.165, 1.54) is 22.9 Å². The van der Waals surface area contributed by atoms with Crippen molar-refractivity contribution in [1.29, 1.82) is 0 Å². The molecule has 0 bridgehead atoms. The van der Waals surface area contributed by atoms with E-state index in [0.717, 1.165) is 0 Å². The van der Waals surface area contributed by atoms with Gasteiger partial charge in [0, 0.05) is 23.9 Å². The van der Waals surface area contributed by atoms with Crippen LogP contribution in [0.1, 0.15) is 26.6 Å². The Labute approximate surface area is 138 Å². The van der Waals surface area contributed by atoms with Crippen molar-refractivity contribution in [3.05, 3.63) is 70.7 Å². The Morgan fingerprint density at radius 2 is 1.75 bits per heavy atom. The average molecular weight is 324 g/mol. The lowest BCUT2D eigenvalue weighted by Gasteiger charge is -2.16. The number of benzene rings is 1. The summed E-state index contributed by atoms with van der Waals surface area (Å²) in [5.41, 5.74) is 0.890. The largest absolute Gasteiger partial charge is 0.287 e. The van der Waals surface area contributed by atoms with Crippen molar-refractivity contribution in [3.63, 3.8) is 0 Å². The molecule has 0 saturated carbocycles. The fourth-order valence-corrected chi connectivity index (χ4v) is 2.17. The van der Waals surface area contributed by atoms with Gasteiger partial charge in [-0.1, -0.05) is 20.8 Å². The number of aromatic nitrogens is 4. The maximum Gasteiger partial charge on any atom is 0.209 e. The van der Waals surface area contributed by atoms with E-state index in [-0.39, 0.29) is 22.4 Å². The van der Waals surface area contributed by atoms with Crippen molar-refractivity contribution in [2.24, 2.45) is 0 Å². The fraction of sp³-hybridized carbons (Fsp3) is 0.222. The molecule has 24 heavy (non-hydrogen) atoms. The summed E-state index contributed by atoms with van der Waals surface area (Å²) in [6.45, 7) is 6.00. The van der Waals surface area contributed by atoms with E-state index in [4.69, 9.17) is 0 Å². The van der Waals surface area contributed by atoms with Gasteiger partial charge in [0.15, 0.2) is 5.69 Å². The molecule has 0 saturated heterocycles. The third-order valence-electron chi connectivity index (χ3n) is 3.47. The Morgan fingerprint density at radius 1 is 1.04 bits per heavy atom. The van der Waals surface area contributed by atoms with Crippen LogP contribution in [-0.4, -0.2) is 19.7 Å². The number of hydrogen-bond acceptors (Lipinski definition) is 4. The van der Waals surface area contributed by atoms with Gasteiger partial charge in [-0.15, -0.1) is 0 Å². The molecule has 0 aliphatic rings. The summed E-state index contributed by atoms with van der Waals surface area (Å²) < 4.78 is 14.6. The minimum absolute atomic E-state index is 0.230. The van der Waals surface area contributed by atoms with Crippen LogP contribution in [0.15, 0.2) is 53.6 Å². The van der Waals surface area contributed by atoms with Crippen molar-refractivity contribution >= 4 is 0 Å². The predicted octanol–water partition coefficient (Wildman–Crippen LogP) is 3.13. The van der Waals surface area contributed by atoms with E-state index in [2.05, 4.69) is 15.1 Å². The summed E-state index contributed by atoms with van der Waals surface area (Å²) in [6.07, 6.45) is 3.17. The zero-order valence-corrected chi connectivity index (χ0v) is 13.7. The van der Waals surface area contributed by atoms with Crippen molar-refractivity contribution < 1.29 is 4.39 Å². The maximum absolute atomic E-state index is 13.1. The Morgan fingerprint density at radius 3 is 2.42 bits per heavy atom. The summed E-state index contributed by atoms with van der Waals surface area (Å²) in [4.78, 5) is 21.0. The number of nitrogens with zero attached hydrogens (tertiary/aromatic N) is 4. The standard InChI is InChI=1S/C18H17FN4O/c1-18(2,3)17-20-10-8-14(21-17)16-15(24)9-11-23(22-16)13-6-4-12(19)5-7-13/h4-11H,1-3H3. The second-order valence-electron chi connectivity index (χ2n) is 6.47. The van der Waals surface area contributed by atoms with Crippen molar-refractivity contribution in [3.8, 4) is 17.1 Å². The summed E-state index contributed by atoms with van der Waals surface area (Å²) in [5, 5.41) is 4.36. The highest BCUT2D eigenvalue weighted by Crippen LogP contribution is 2.20. The van der Waals surface area contributed by atoms with Gasteiger partial charge in [0.05, 0.1) is 11.4 Å². The van der Waals surface area contributed by atoms with Crippen LogP contribution in [-0.2, 0) is 5.41 Å². The molecule has 2 heterocycles. The molecule has 2 aromatic heterocycles. The Bertz CT molecular complexity index is 927. The lowest BCUT2D eigenvalue weighted by atomic mass is 9.95. The Kier molecular flexibility index (Phi) is 3.97. The summed E-state index contributed by atoms with van der Waals surface area (Å²) in [6, 6.07) is 8.96. The van der Waals surface area contributed by atoms with E-state index in [0.29, 0.717) is 17.2 Å². The van der Waals surface area contributed by atoms with Gasteiger partial charge >= 0.3 is 0 Å². The maximum atomic E-state index is 13.1. The molecular weight excluding hydrogens is 307 g/mol. The molecule has 0 atom stereocenters. The summed E-state index contributed by atoms with van der Waals surface area (Å²) >= 11 is 0. The quantitative estimate of drug-likeness (QED) is 0.726. The molecule has 0 aliphatic heterocycles. The van der Waals surface area contributed by atoms with Gasteiger partial charge in [-0.3, -0.25) is 4.79 Å². The Balaban J connectivity index is 2.10. The first-order chi connectivity index (χ1) is 11.3. The minimum atomic E-state index is -0.328. The lowest BCUT2D eigenvalue weighted by molar-refractivity contribution is 0.545. The molecule has 6 heteroatoms. The molecule has 0 fully saturated rings. The molecule has 0 aliphatic carbocycles. The van der Waals surface area contributed by atoms with Crippen molar-refractivity contribution in [2.75, 3.05) is 0 Å². The SMILES string of the molecule is CC(C)(C)c1nccc(-c2nn(-c3ccc(F)cc3)ccc2=O)n1. The molecule has 0 radical (unpaired) electrons. The zero-order valence-electron chi connectivity index (χ0n) is 13.7. The highest BCUT2D eigenvalue weighted by molar-refractivity contribution is 5.53. The molecule has 122 valence electrons. The first-order valence-electron chi connectivity index (χ1n) is 7.54. The highest BCUT2D eigenvalue weighted by Gasteiger charge is 2.19. The van der Waals surface area contributed by atoms with Gasteiger partial charge in [-0.05, 0) is 30.3 Å². The van der Waals surface area contributed by atoms with Gasteiger partial charge in [0.2, 0.25) is 5.43 Å². The third-order valence-corrected chi connectivity index (χ3v) is 3.47. The third kappa shape index (κ3) is 3.22. The number of rotatable bonds is 2. The monoisotopic (exact) mass is 324 g/mol. The molecule has 0 spiro atoms. The van der Waals surface area contributed by atoms with Crippen LogP contribution in [0.5, 0.6) is 0 Å². The van der Waals surface area contributed by atoms with Crippen LogP contribution in [0.4, 0.5) is 4.39 Å². The average Bonchev–Trinajstić information content (AvgIpc) is 2.55. The van der Waals surface area contributed by atoms with E-state index < -0.39 is 0 Å². The van der Waals surface area contributed by atoms with Gasteiger partial charge in [0.25, 0.3) is 0 Å². The molecule has 1 aromatic carbocycles. The van der Waals surface area contributed by atoms with E-state index in [9.17, 15) is 9.18 Å². The smallest absolute Gasteiger partial charge is 0.209 e. The molecule has 0 amide bonds. The highest BCUT2D eigenvalue weighted by atomic mass is 19.1. The number of hydrogen-bond donors (Lipinski definition) is 0. The lowest BCUT2D eigenvalue weighted by Crippen LogP contribution is -2.18. The van der Waals surface area contributed by atoms with E-state index >= 15 is 0 Å². The Hall–Kier alpha value is -2.89. The zero-order chi connectivity index (χ0) is 17.3. The molecular formula is C18H17FN4O. The van der Waals surface area contributed by atoms with Crippen LogP contribution < -0.4 is 5.43 Å². The normalized spacial score (nSPS) is 11.5. The fourth-order valence-electron chi connectivity index (χ4n) is 2.17. The first-order valence-corrected chi connectivity index (χ1v) is 7.54. The van der Waals surface area contributed by atoms with Crippen LogP contribution in [0.3, 0.4) is 0 Å². The topological polar surface area (TPSA) is 60.7 Å². The van der Waals surface area contributed by atoms with Crippen molar-refractivity contribution in [1.82, 2.24) is 19.7 Å². The summed E-state index contributed by atoms with van der Waals surface area (Å²) in [7, 11) is 0. The second kappa shape index (κ2) is 5.96.